The van der Waals surface area contributed by atoms with Crippen molar-refractivity contribution in [3.63, 3.8) is 0 Å². The van der Waals surface area contributed by atoms with E-state index in [-0.39, 0.29) is 11.5 Å². The van der Waals surface area contributed by atoms with Gasteiger partial charge >= 0.3 is 11.8 Å². The van der Waals surface area contributed by atoms with Crippen molar-refractivity contribution in [1.82, 2.24) is 10.6 Å². The maximum Gasteiger partial charge on any atom is 0.309 e. The maximum absolute atomic E-state index is 11.2. The van der Waals surface area contributed by atoms with Gasteiger partial charge in [-0.15, -0.1) is 0 Å². The van der Waals surface area contributed by atoms with Gasteiger partial charge in [0.05, 0.1) is 11.5 Å². The lowest BCUT2D eigenvalue weighted by Gasteiger charge is -2.24. The van der Waals surface area contributed by atoms with E-state index in [4.69, 9.17) is 5.73 Å². The van der Waals surface area contributed by atoms with Crippen molar-refractivity contribution in [3.05, 3.63) is 0 Å². The molecule has 4 N–H and O–H groups in total. The van der Waals surface area contributed by atoms with Crippen molar-refractivity contribution in [2.45, 2.75) is 25.7 Å². The molecule has 2 amide bonds. The first kappa shape index (κ1) is 12.9. The van der Waals surface area contributed by atoms with E-state index in [2.05, 4.69) is 22.9 Å². The summed E-state index contributed by atoms with van der Waals surface area (Å²) in [5.74, 6) is -0.572. The number of hydrogen-bond acceptors (Lipinski definition) is 3. The highest BCUT2D eigenvalue weighted by Gasteiger charge is 2.18. The van der Waals surface area contributed by atoms with Crippen LogP contribution in [0.4, 0.5) is 0 Å². The van der Waals surface area contributed by atoms with E-state index in [1.807, 2.05) is 0 Å². The zero-order valence-electron chi connectivity index (χ0n) is 9.12. The van der Waals surface area contributed by atoms with Gasteiger partial charge in [-0.3, -0.25) is 9.59 Å². The number of carbonyl (C=O) groups is 2. The Kier molecular flexibility index (Phi) is 5.18. The molecule has 16 heavy (non-hydrogen) atoms. The second-order valence-electron chi connectivity index (χ2n) is 3.99. The topological polar surface area (TPSA) is 84.2 Å². The number of carbonyl (C=O) groups excluding carboxylic acids is 2. The van der Waals surface area contributed by atoms with Crippen molar-refractivity contribution in [2.24, 2.45) is 11.7 Å². The van der Waals surface area contributed by atoms with E-state index in [1.165, 1.54) is 19.3 Å². The Morgan fingerprint density at radius 2 is 1.88 bits per heavy atom. The van der Waals surface area contributed by atoms with Crippen molar-refractivity contribution < 1.29 is 9.59 Å². The molecule has 1 rings (SSSR count). The predicted octanol–water partition coefficient (Wildman–Crippen LogP) is -0.305. The molecular weight excluding hydrogens is 226 g/mol. The summed E-state index contributed by atoms with van der Waals surface area (Å²) in [6.07, 6.45) is 4.72. The summed E-state index contributed by atoms with van der Waals surface area (Å²) >= 11 is 4.58. The first-order valence-corrected chi connectivity index (χ1v) is 5.84. The highest BCUT2D eigenvalue weighted by atomic mass is 32.1. The molecule has 1 aliphatic carbocycles. The number of rotatable bonds is 5. The van der Waals surface area contributed by atoms with Gasteiger partial charge in [-0.2, -0.15) is 0 Å². The largest absolute Gasteiger partial charge is 0.392 e. The van der Waals surface area contributed by atoms with Gasteiger partial charge in [0.2, 0.25) is 0 Å². The number of thiocarbonyl (C=S) groups is 1. The van der Waals surface area contributed by atoms with Gasteiger partial charge in [0.25, 0.3) is 0 Å². The Balaban J connectivity index is 2.08. The van der Waals surface area contributed by atoms with Crippen LogP contribution in [0.25, 0.3) is 0 Å². The van der Waals surface area contributed by atoms with Crippen molar-refractivity contribution >= 4 is 29.0 Å². The zero-order valence-corrected chi connectivity index (χ0v) is 9.94. The van der Waals surface area contributed by atoms with Crippen LogP contribution in [0.15, 0.2) is 0 Å². The molecule has 0 aliphatic heterocycles. The molecule has 0 aromatic heterocycles. The molecule has 0 spiro atoms. The molecule has 5 nitrogen and oxygen atoms in total. The molecule has 0 bridgehead atoms. The SMILES string of the molecule is NC(=S)CNC(=O)C(=O)NCCC1CCC1. The van der Waals surface area contributed by atoms with Gasteiger partial charge in [0, 0.05) is 6.54 Å². The molecule has 90 valence electrons. The first-order chi connectivity index (χ1) is 7.59. The number of nitrogens with one attached hydrogen (secondary N) is 2. The molecule has 6 heteroatoms. The highest BCUT2D eigenvalue weighted by Crippen LogP contribution is 2.28. The summed E-state index contributed by atoms with van der Waals surface area (Å²) in [5.41, 5.74) is 5.19. The fourth-order valence-electron chi connectivity index (χ4n) is 1.50. The van der Waals surface area contributed by atoms with Gasteiger partial charge in [-0.05, 0) is 12.3 Å². The molecule has 1 fully saturated rings. The smallest absolute Gasteiger partial charge is 0.309 e. The normalized spacial score (nSPS) is 15.0. The number of amides is 2. The first-order valence-electron chi connectivity index (χ1n) is 5.44. The van der Waals surface area contributed by atoms with E-state index in [1.54, 1.807) is 0 Å². The van der Waals surface area contributed by atoms with Crippen LogP contribution in [0.5, 0.6) is 0 Å². The Morgan fingerprint density at radius 3 is 2.38 bits per heavy atom. The van der Waals surface area contributed by atoms with E-state index in [0.29, 0.717) is 6.54 Å². The molecule has 0 heterocycles. The summed E-state index contributed by atoms with van der Waals surface area (Å²) in [7, 11) is 0. The third-order valence-electron chi connectivity index (χ3n) is 2.69. The molecule has 1 aliphatic rings. The Bertz CT molecular complexity index is 290. The lowest BCUT2D eigenvalue weighted by atomic mass is 9.83. The number of hydrogen-bond donors (Lipinski definition) is 3. The maximum atomic E-state index is 11.2. The van der Waals surface area contributed by atoms with Gasteiger partial charge in [0.1, 0.15) is 0 Å². The molecule has 0 aromatic carbocycles. The summed E-state index contributed by atoms with van der Waals surface area (Å²) in [6.45, 7) is 0.619. The molecule has 1 saturated carbocycles. The van der Waals surface area contributed by atoms with Crippen LogP contribution in [0.2, 0.25) is 0 Å². The fraction of sp³-hybridized carbons (Fsp3) is 0.700. The van der Waals surface area contributed by atoms with E-state index in [0.717, 1.165) is 12.3 Å². The molecular formula is C10H17N3O2S. The van der Waals surface area contributed by atoms with Crippen LogP contribution in [0.3, 0.4) is 0 Å². The molecule has 0 aromatic rings. The minimum atomic E-state index is -0.679. The molecule has 0 unspecified atom stereocenters. The van der Waals surface area contributed by atoms with Crippen LogP contribution in [0.1, 0.15) is 25.7 Å². The van der Waals surface area contributed by atoms with Gasteiger partial charge in [-0.1, -0.05) is 31.5 Å². The quantitative estimate of drug-likeness (QED) is 0.457. The van der Waals surface area contributed by atoms with Crippen LogP contribution >= 0.6 is 12.2 Å². The fourth-order valence-corrected chi connectivity index (χ4v) is 1.57. The van der Waals surface area contributed by atoms with E-state index < -0.39 is 11.8 Å². The lowest BCUT2D eigenvalue weighted by Crippen LogP contribution is -2.43. The van der Waals surface area contributed by atoms with Crippen LogP contribution in [0, 0.1) is 5.92 Å². The monoisotopic (exact) mass is 243 g/mol. The zero-order chi connectivity index (χ0) is 12.0. The Hall–Kier alpha value is -1.17. The lowest BCUT2D eigenvalue weighted by molar-refractivity contribution is -0.139. The van der Waals surface area contributed by atoms with Crippen molar-refractivity contribution in [2.75, 3.05) is 13.1 Å². The molecule has 0 atom stereocenters. The summed E-state index contributed by atoms with van der Waals surface area (Å²) in [5, 5.41) is 4.90. The number of nitrogens with two attached hydrogens (primary N) is 1. The van der Waals surface area contributed by atoms with Crippen LogP contribution < -0.4 is 16.4 Å². The van der Waals surface area contributed by atoms with Crippen LogP contribution in [-0.4, -0.2) is 29.9 Å². The predicted molar refractivity (Wildman–Crippen MR) is 64.8 cm³/mol. The third kappa shape index (κ3) is 4.57. The second kappa shape index (κ2) is 6.42. The highest BCUT2D eigenvalue weighted by molar-refractivity contribution is 7.80. The van der Waals surface area contributed by atoms with Gasteiger partial charge in [0.15, 0.2) is 0 Å². The third-order valence-corrected chi connectivity index (χ3v) is 2.84. The van der Waals surface area contributed by atoms with Crippen LogP contribution in [-0.2, 0) is 9.59 Å². The van der Waals surface area contributed by atoms with Crippen molar-refractivity contribution in [1.29, 1.82) is 0 Å². The second-order valence-corrected chi connectivity index (χ2v) is 4.51. The minimum absolute atomic E-state index is 0.0597. The van der Waals surface area contributed by atoms with Gasteiger partial charge < -0.3 is 16.4 Å². The summed E-state index contributed by atoms with van der Waals surface area (Å²) in [6, 6.07) is 0. The standard InChI is InChI=1S/C10H17N3O2S/c11-8(16)6-13-10(15)9(14)12-5-4-7-2-1-3-7/h7H,1-6H2,(H2,11,16)(H,12,14)(H,13,15). The van der Waals surface area contributed by atoms with Crippen molar-refractivity contribution in [3.8, 4) is 0 Å². The van der Waals surface area contributed by atoms with Gasteiger partial charge in [-0.25, -0.2) is 0 Å². The molecule has 0 radical (unpaired) electrons. The summed E-state index contributed by atoms with van der Waals surface area (Å²) < 4.78 is 0. The summed E-state index contributed by atoms with van der Waals surface area (Å²) in [4.78, 5) is 22.6. The minimum Gasteiger partial charge on any atom is -0.392 e. The average molecular weight is 243 g/mol. The average Bonchev–Trinajstić information content (AvgIpc) is 2.17. The Morgan fingerprint density at radius 1 is 1.25 bits per heavy atom. The van der Waals surface area contributed by atoms with E-state index in [9.17, 15) is 9.59 Å². The molecule has 0 saturated heterocycles. The van der Waals surface area contributed by atoms with E-state index >= 15 is 0 Å². The Labute approximate surface area is 100 Å².